The highest BCUT2D eigenvalue weighted by Crippen LogP contribution is 1.90. The highest BCUT2D eigenvalue weighted by molar-refractivity contribution is 5.07. The van der Waals surface area contributed by atoms with E-state index in [1.807, 2.05) is 0 Å². The van der Waals surface area contributed by atoms with Crippen molar-refractivity contribution in [2.45, 2.75) is 0 Å². The fourth-order valence-electron chi connectivity index (χ4n) is 0.788. The first-order chi connectivity index (χ1) is 5.38. The Bertz CT molecular complexity index is 383. The van der Waals surface area contributed by atoms with Crippen LogP contribution in [0.25, 0.3) is 5.95 Å². The molecule has 6 heteroatoms. The van der Waals surface area contributed by atoms with Crippen LogP contribution in [0.15, 0.2) is 23.5 Å². The smallest absolute Gasteiger partial charge is 0.330 e. The molecule has 0 bridgehead atoms. The van der Waals surface area contributed by atoms with Crippen LogP contribution < -0.4 is 5.69 Å². The van der Waals surface area contributed by atoms with Crippen molar-refractivity contribution in [2.24, 2.45) is 0 Å². The molecule has 2 aromatic rings. The van der Waals surface area contributed by atoms with Gasteiger partial charge in [-0.15, -0.1) is 0 Å². The number of aromatic nitrogens is 5. The molecule has 0 unspecified atom stereocenters. The van der Waals surface area contributed by atoms with Gasteiger partial charge in [-0.25, -0.2) is 19.4 Å². The van der Waals surface area contributed by atoms with Crippen molar-refractivity contribution in [1.82, 2.24) is 24.7 Å². The largest absolute Gasteiger partial charge is 0.350 e. The summed E-state index contributed by atoms with van der Waals surface area (Å²) >= 11 is 0. The maximum atomic E-state index is 10.9. The molecular weight excluding hydrogens is 146 g/mol. The lowest BCUT2D eigenvalue weighted by Gasteiger charge is -1.89. The molecule has 0 atom stereocenters. The lowest BCUT2D eigenvalue weighted by Crippen LogP contribution is -2.15. The maximum absolute atomic E-state index is 10.9. The summed E-state index contributed by atoms with van der Waals surface area (Å²) in [5, 5.41) is 5.80. The number of hydrogen-bond donors (Lipinski definition) is 2. The van der Waals surface area contributed by atoms with Gasteiger partial charge in [-0.2, -0.15) is 5.10 Å². The van der Waals surface area contributed by atoms with Gasteiger partial charge >= 0.3 is 5.69 Å². The van der Waals surface area contributed by atoms with E-state index in [1.54, 1.807) is 12.4 Å². The summed E-state index contributed by atoms with van der Waals surface area (Å²) in [5.74, 6) is 0.462. The molecule has 2 heterocycles. The zero-order valence-electron chi connectivity index (χ0n) is 5.48. The van der Waals surface area contributed by atoms with E-state index < -0.39 is 0 Å². The second kappa shape index (κ2) is 2.08. The van der Waals surface area contributed by atoms with Gasteiger partial charge in [-0.1, -0.05) is 0 Å². The summed E-state index contributed by atoms with van der Waals surface area (Å²) in [5.41, 5.74) is -0.306. The van der Waals surface area contributed by atoms with Crippen molar-refractivity contribution >= 4 is 0 Å². The van der Waals surface area contributed by atoms with E-state index in [0.29, 0.717) is 5.95 Å². The topological polar surface area (TPSA) is 79.4 Å². The summed E-state index contributed by atoms with van der Waals surface area (Å²) in [6.07, 6.45) is 4.56. The third-order valence-electron chi connectivity index (χ3n) is 1.26. The fourth-order valence-corrected chi connectivity index (χ4v) is 0.788. The predicted octanol–water partition coefficient (Wildman–Crippen LogP) is -0.716. The molecule has 11 heavy (non-hydrogen) atoms. The highest BCUT2D eigenvalue weighted by atomic mass is 16.1. The van der Waals surface area contributed by atoms with Crippen LogP contribution in [0.4, 0.5) is 0 Å². The normalized spacial score (nSPS) is 10.2. The zero-order chi connectivity index (χ0) is 7.68. The van der Waals surface area contributed by atoms with Gasteiger partial charge in [-0.3, -0.25) is 0 Å². The minimum atomic E-state index is -0.306. The van der Waals surface area contributed by atoms with E-state index >= 15 is 0 Å². The Morgan fingerprint density at radius 3 is 3.00 bits per heavy atom. The summed E-state index contributed by atoms with van der Waals surface area (Å²) in [6, 6.07) is 0. The average Bonchev–Trinajstić information content (AvgIpc) is 2.55. The third kappa shape index (κ3) is 0.841. The van der Waals surface area contributed by atoms with E-state index in [9.17, 15) is 4.79 Å². The second-order valence-corrected chi connectivity index (χ2v) is 1.94. The second-order valence-electron chi connectivity index (χ2n) is 1.94. The Morgan fingerprint density at radius 1 is 1.55 bits per heavy atom. The van der Waals surface area contributed by atoms with Gasteiger partial charge in [-0.05, 0) is 0 Å². The van der Waals surface area contributed by atoms with E-state index in [-0.39, 0.29) is 5.69 Å². The van der Waals surface area contributed by atoms with E-state index in [0.717, 1.165) is 0 Å². The maximum Gasteiger partial charge on any atom is 0.350 e. The molecule has 0 saturated heterocycles. The standard InChI is InChI=1S/C5H5N5O/c11-5-9-8-3-10(5)4-6-1-2-7-4/h1-3H,(H,6,7)(H,9,11). The van der Waals surface area contributed by atoms with E-state index in [4.69, 9.17) is 0 Å². The minimum Gasteiger partial charge on any atom is -0.330 e. The van der Waals surface area contributed by atoms with Gasteiger partial charge in [0.25, 0.3) is 0 Å². The van der Waals surface area contributed by atoms with Crippen molar-refractivity contribution in [1.29, 1.82) is 0 Å². The molecule has 2 N–H and O–H groups in total. The molecule has 0 aliphatic rings. The van der Waals surface area contributed by atoms with Crippen LogP contribution in [-0.4, -0.2) is 24.7 Å². The number of rotatable bonds is 1. The van der Waals surface area contributed by atoms with Crippen LogP contribution in [0.5, 0.6) is 0 Å². The van der Waals surface area contributed by atoms with Crippen LogP contribution in [0.2, 0.25) is 0 Å². The van der Waals surface area contributed by atoms with Crippen molar-refractivity contribution in [3.8, 4) is 5.95 Å². The molecule has 0 spiro atoms. The lowest BCUT2D eigenvalue weighted by atomic mass is 10.9. The Hall–Kier alpha value is -1.85. The summed E-state index contributed by atoms with van der Waals surface area (Å²) in [6.45, 7) is 0. The number of nitrogens with zero attached hydrogens (tertiary/aromatic N) is 3. The molecule has 2 aromatic heterocycles. The Kier molecular flexibility index (Phi) is 1.12. The monoisotopic (exact) mass is 151 g/mol. The first-order valence-electron chi connectivity index (χ1n) is 3.00. The third-order valence-corrected chi connectivity index (χ3v) is 1.26. The molecule has 56 valence electrons. The van der Waals surface area contributed by atoms with Gasteiger partial charge in [0.15, 0.2) is 0 Å². The number of hydrogen-bond acceptors (Lipinski definition) is 3. The summed E-state index contributed by atoms with van der Waals surface area (Å²) in [7, 11) is 0. The molecule has 0 radical (unpaired) electrons. The predicted molar refractivity (Wildman–Crippen MR) is 36.3 cm³/mol. The summed E-state index contributed by atoms with van der Waals surface area (Å²) in [4.78, 5) is 17.5. The summed E-state index contributed by atoms with van der Waals surface area (Å²) < 4.78 is 1.28. The molecular formula is C5H5N5O. The SMILES string of the molecule is O=c1[nH]ncn1-c1ncc[nH]1. The van der Waals surface area contributed by atoms with Gasteiger partial charge in [0, 0.05) is 12.4 Å². The number of imidazole rings is 1. The van der Waals surface area contributed by atoms with Crippen molar-refractivity contribution in [3.63, 3.8) is 0 Å². The molecule has 0 aliphatic carbocycles. The number of H-pyrrole nitrogens is 2. The molecule has 0 amide bonds. The molecule has 0 aromatic carbocycles. The Morgan fingerprint density at radius 2 is 2.45 bits per heavy atom. The van der Waals surface area contributed by atoms with Crippen LogP contribution in [0.3, 0.4) is 0 Å². The van der Waals surface area contributed by atoms with E-state index in [1.165, 1.54) is 10.9 Å². The van der Waals surface area contributed by atoms with Crippen LogP contribution in [0, 0.1) is 0 Å². The Labute approximate surface area is 60.9 Å². The highest BCUT2D eigenvalue weighted by Gasteiger charge is 2.00. The first-order valence-corrected chi connectivity index (χ1v) is 3.00. The molecule has 0 aliphatic heterocycles. The fraction of sp³-hybridized carbons (Fsp3) is 0. The van der Waals surface area contributed by atoms with Crippen molar-refractivity contribution < 1.29 is 0 Å². The van der Waals surface area contributed by atoms with E-state index in [2.05, 4.69) is 20.2 Å². The molecule has 0 saturated carbocycles. The first kappa shape index (κ1) is 5.90. The van der Waals surface area contributed by atoms with Gasteiger partial charge < -0.3 is 4.98 Å². The zero-order valence-corrected chi connectivity index (χ0v) is 5.48. The molecule has 6 nitrogen and oxygen atoms in total. The average molecular weight is 151 g/mol. The Balaban J connectivity index is 2.62. The van der Waals surface area contributed by atoms with Crippen molar-refractivity contribution in [2.75, 3.05) is 0 Å². The van der Waals surface area contributed by atoms with Gasteiger partial charge in [0.05, 0.1) is 0 Å². The molecule has 0 fully saturated rings. The van der Waals surface area contributed by atoms with Gasteiger partial charge in [0.1, 0.15) is 6.33 Å². The number of nitrogens with one attached hydrogen (secondary N) is 2. The van der Waals surface area contributed by atoms with Crippen LogP contribution >= 0.6 is 0 Å². The van der Waals surface area contributed by atoms with Crippen LogP contribution in [-0.2, 0) is 0 Å². The van der Waals surface area contributed by atoms with Crippen molar-refractivity contribution in [3.05, 3.63) is 29.2 Å². The quantitative estimate of drug-likeness (QED) is 0.564. The lowest BCUT2D eigenvalue weighted by molar-refractivity contribution is 0.913. The van der Waals surface area contributed by atoms with Crippen LogP contribution in [0.1, 0.15) is 0 Å². The van der Waals surface area contributed by atoms with Gasteiger partial charge in [0.2, 0.25) is 5.95 Å². The minimum absolute atomic E-state index is 0.306. The molecule has 2 rings (SSSR count). The number of aromatic amines is 2.